The largest absolute Gasteiger partial charge is 0.462 e. The lowest BCUT2D eigenvalue weighted by atomic mass is 10.1. The van der Waals surface area contributed by atoms with Gasteiger partial charge in [0.15, 0.2) is 23.2 Å². The van der Waals surface area contributed by atoms with Crippen LogP contribution in [-0.4, -0.2) is 95.3 Å². The number of primary amides is 1. The highest BCUT2D eigenvalue weighted by atomic mass is 35.5. The van der Waals surface area contributed by atoms with Gasteiger partial charge < -0.3 is 34.7 Å². The molecule has 0 saturated heterocycles. The first-order valence-corrected chi connectivity index (χ1v) is 26.1. The number of hydrogen-bond donors (Lipinski definition) is 6. The predicted octanol–water partition coefficient (Wildman–Crippen LogP) is 7.26. The molecule has 2 amide bonds. The van der Waals surface area contributed by atoms with Crippen LogP contribution >= 0.6 is 23.2 Å². The average Bonchev–Trinajstić information content (AvgIpc) is 4.18. The molecule has 7 aromatic rings. The number of esters is 1. The van der Waals surface area contributed by atoms with Crippen molar-refractivity contribution in [3.63, 3.8) is 0 Å². The molecular formula is C45H47Cl2F6N13O12S2. The Labute approximate surface area is 460 Å². The van der Waals surface area contributed by atoms with E-state index < -0.39 is 82.6 Å². The van der Waals surface area contributed by atoms with Gasteiger partial charge in [0.2, 0.25) is 5.82 Å². The Balaban J connectivity index is 0.000000266. The van der Waals surface area contributed by atoms with Gasteiger partial charge in [0.25, 0.3) is 37.6 Å². The van der Waals surface area contributed by atoms with Crippen molar-refractivity contribution < 1.29 is 80.8 Å². The van der Waals surface area contributed by atoms with E-state index in [1.165, 1.54) is 32.4 Å². The zero-order valence-corrected chi connectivity index (χ0v) is 45.5. The first-order chi connectivity index (χ1) is 37.3. The first-order valence-electron chi connectivity index (χ1n) is 22.3. The highest BCUT2D eigenvalue weighted by Crippen LogP contribution is 2.36. The second kappa shape index (κ2) is 27.3. The third-order valence-electron chi connectivity index (χ3n) is 9.89. The average molecular weight is 1210 g/mol. The monoisotopic (exact) mass is 1210 g/mol. The lowest BCUT2D eigenvalue weighted by Gasteiger charge is -2.26. The van der Waals surface area contributed by atoms with Gasteiger partial charge in [0.05, 0.1) is 48.9 Å². The SMILES string of the molecule is CCOC(=O)C(C)(OCC)OCC.Cc1ccc(S(=O)(=O)Nc2cc(Cl)cnc2-c2nnc(C(N)=O)n2-c2ccon2)cc1C(F)(F)F.Cc1ccc(S(=O)(=O)Nc2cc(Cl)cnc2C(=O)NN)cc1C(F)(F)F.Nc1ccon1. The summed E-state index contributed by atoms with van der Waals surface area (Å²) in [6, 6.07) is 10.3. The zero-order valence-electron chi connectivity index (χ0n) is 42.3. The molecule has 5 heterocycles. The molecule has 0 spiro atoms. The summed E-state index contributed by atoms with van der Waals surface area (Å²) in [5, 5.41) is 14.6. The Bertz CT molecular complexity index is 3500. The number of halogens is 8. The van der Waals surface area contributed by atoms with Crippen LogP contribution in [-0.2, 0) is 51.4 Å². The number of nitrogen functional groups attached to an aromatic ring is 2. The van der Waals surface area contributed by atoms with Crippen LogP contribution in [0.1, 0.15) is 71.1 Å². The number of pyridine rings is 2. The molecule has 5 aromatic heterocycles. The van der Waals surface area contributed by atoms with Gasteiger partial charge in [-0.25, -0.2) is 42.0 Å². The third kappa shape index (κ3) is 17.0. The van der Waals surface area contributed by atoms with E-state index in [0.717, 1.165) is 53.4 Å². The number of benzene rings is 2. The number of rotatable bonds is 16. The molecule has 0 aliphatic carbocycles. The number of carbonyl (C=O) groups is 3. The van der Waals surface area contributed by atoms with Crippen LogP contribution in [0.5, 0.6) is 0 Å². The van der Waals surface area contributed by atoms with E-state index in [1.807, 2.05) is 4.72 Å². The maximum atomic E-state index is 13.3. The number of alkyl halides is 6. The van der Waals surface area contributed by atoms with Gasteiger partial charge in [-0.3, -0.25) is 24.5 Å². The molecule has 0 unspecified atom stereocenters. The molecule has 0 saturated carbocycles. The van der Waals surface area contributed by atoms with Crippen LogP contribution < -0.4 is 32.2 Å². The highest BCUT2D eigenvalue weighted by molar-refractivity contribution is 7.93. The lowest BCUT2D eigenvalue weighted by molar-refractivity contribution is -0.237. The maximum absolute atomic E-state index is 13.3. The number of aryl methyl sites for hydroxylation is 2. The van der Waals surface area contributed by atoms with Gasteiger partial charge in [-0.2, -0.15) is 26.3 Å². The van der Waals surface area contributed by atoms with Gasteiger partial charge in [-0.1, -0.05) is 45.6 Å². The fourth-order valence-electron chi connectivity index (χ4n) is 6.35. The quantitative estimate of drug-likeness (QED) is 0.0138. The molecule has 80 heavy (non-hydrogen) atoms. The van der Waals surface area contributed by atoms with Crippen molar-refractivity contribution in [3.05, 3.63) is 129 Å². The summed E-state index contributed by atoms with van der Waals surface area (Å²) in [4.78, 5) is 41.3. The molecule has 432 valence electrons. The minimum absolute atomic E-state index is 0.00356. The van der Waals surface area contributed by atoms with E-state index >= 15 is 0 Å². The van der Waals surface area contributed by atoms with Crippen LogP contribution in [0.2, 0.25) is 10.0 Å². The first kappa shape index (κ1) is 64.6. The summed E-state index contributed by atoms with van der Waals surface area (Å²) in [5.74, 6) is 1.28. The van der Waals surface area contributed by atoms with E-state index in [9.17, 15) is 57.6 Å². The number of nitrogens with two attached hydrogens (primary N) is 3. The molecule has 0 atom stereocenters. The van der Waals surface area contributed by atoms with Gasteiger partial charge in [-0.05, 0) is 82.1 Å². The Kier molecular flexibility index (Phi) is 22.0. The second-order valence-electron chi connectivity index (χ2n) is 15.6. The van der Waals surface area contributed by atoms with E-state index in [1.54, 1.807) is 39.2 Å². The number of amides is 2. The molecule has 7 rings (SSSR count). The van der Waals surface area contributed by atoms with Crippen LogP contribution in [0, 0.1) is 13.8 Å². The number of nitrogens with zero attached hydrogens (tertiary/aromatic N) is 7. The minimum Gasteiger partial charge on any atom is -0.462 e. The number of aromatic nitrogens is 7. The number of carbonyl (C=O) groups excluding carboxylic acids is 3. The molecular weight excluding hydrogens is 1160 g/mol. The van der Waals surface area contributed by atoms with E-state index in [4.69, 9.17) is 59.2 Å². The Morgan fingerprint density at radius 2 is 1.21 bits per heavy atom. The van der Waals surface area contributed by atoms with Crippen molar-refractivity contribution in [2.45, 2.75) is 69.5 Å². The van der Waals surface area contributed by atoms with E-state index in [0.29, 0.717) is 37.8 Å². The summed E-state index contributed by atoms with van der Waals surface area (Å²) >= 11 is 11.7. The number of hydrazine groups is 1. The van der Waals surface area contributed by atoms with Crippen molar-refractivity contribution in [2.24, 2.45) is 11.6 Å². The number of nitrogens with one attached hydrogen (secondary N) is 3. The van der Waals surface area contributed by atoms with Gasteiger partial charge in [0.1, 0.15) is 18.2 Å². The van der Waals surface area contributed by atoms with Crippen molar-refractivity contribution >= 4 is 78.2 Å². The standard InChI is InChI=1S/C19H13ClF3N7O4S.C14H12ClF3N4O3S.C9H18O4.C3H4N2O/c1-9-2-3-11(7-12(9)19(21,22)23)35(32,33)29-13-6-10(20)8-25-15(13)17-26-27-18(16(24)31)30(17)14-4-5-34-28-14;1-7-2-3-9(5-10(7)14(16,17)18)26(24,25)22-11-4-8(15)6-20-12(11)13(23)21-19;1-5-11-8(10)9(4,12-6-2)13-7-3;4-3-1-2-6-5-3/h2-8,29H,1H3,(H2,24,31);2-6,22H,19H2,1H3,(H,21,23);5-7H2,1-4H3;1-2H,(H2,4,5). The van der Waals surface area contributed by atoms with E-state index in [-0.39, 0.29) is 55.7 Å². The summed E-state index contributed by atoms with van der Waals surface area (Å²) in [7, 11) is -9.03. The van der Waals surface area contributed by atoms with Crippen molar-refractivity contribution in [1.29, 1.82) is 0 Å². The molecule has 2 aromatic carbocycles. The Hall–Kier alpha value is -7.95. The van der Waals surface area contributed by atoms with Gasteiger partial charge >= 0.3 is 18.3 Å². The minimum atomic E-state index is -4.77. The number of ether oxygens (including phenoxy) is 3. The topological polar surface area (TPSA) is 370 Å². The number of anilines is 3. The van der Waals surface area contributed by atoms with Gasteiger partial charge in [-0.15, -0.1) is 10.2 Å². The van der Waals surface area contributed by atoms with Crippen molar-refractivity contribution in [3.8, 4) is 17.3 Å². The van der Waals surface area contributed by atoms with Crippen LogP contribution in [0.4, 0.5) is 43.5 Å². The molecule has 35 heteroatoms. The van der Waals surface area contributed by atoms with Crippen LogP contribution in [0.25, 0.3) is 17.3 Å². The fourth-order valence-corrected chi connectivity index (χ4v) is 8.83. The number of hydrogen-bond acceptors (Lipinski definition) is 20. The molecule has 0 aliphatic rings. The van der Waals surface area contributed by atoms with Crippen molar-refractivity contribution in [1.82, 2.24) is 40.5 Å². The van der Waals surface area contributed by atoms with Crippen molar-refractivity contribution in [2.75, 3.05) is 35.0 Å². The van der Waals surface area contributed by atoms with Gasteiger partial charge in [0, 0.05) is 44.7 Å². The Morgan fingerprint density at radius 1 is 0.713 bits per heavy atom. The summed E-state index contributed by atoms with van der Waals surface area (Å²) < 4.78 is 159. The molecule has 0 aliphatic heterocycles. The predicted molar refractivity (Wildman–Crippen MR) is 272 cm³/mol. The highest BCUT2D eigenvalue weighted by Gasteiger charge is 2.37. The molecule has 25 nitrogen and oxygen atoms in total. The maximum Gasteiger partial charge on any atom is 0.416 e. The third-order valence-corrected chi connectivity index (χ3v) is 13.0. The normalized spacial score (nSPS) is 11.6. The van der Waals surface area contributed by atoms with Crippen LogP contribution in [0.15, 0.2) is 104 Å². The van der Waals surface area contributed by atoms with Crippen LogP contribution in [0.3, 0.4) is 0 Å². The molecule has 0 bridgehead atoms. The second-order valence-corrected chi connectivity index (χ2v) is 19.8. The fraction of sp³-hybridized carbons (Fsp3) is 0.267. The molecule has 9 N–H and O–H groups in total. The summed E-state index contributed by atoms with van der Waals surface area (Å²) in [6.07, 6.45) is -4.63. The number of sulfonamides is 2. The Morgan fingerprint density at radius 3 is 1.64 bits per heavy atom. The molecule has 0 radical (unpaired) electrons. The summed E-state index contributed by atoms with van der Waals surface area (Å²) in [5.41, 5.74) is 8.53. The smallest absolute Gasteiger partial charge is 0.416 e. The lowest BCUT2D eigenvalue weighted by Crippen LogP contribution is -2.42. The summed E-state index contributed by atoms with van der Waals surface area (Å²) in [6.45, 7) is 10.5. The van der Waals surface area contributed by atoms with E-state index in [2.05, 4.69) is 39.7 Å². The zero-order chi connectivity index (χ0) is 60.0. The molecule has 0 fully saturated rings.